The molecule has 2 unspecified atom stereocenters. The summed E-state index contributed by atoms with van der Waals surface area (Å²) in [6.45, 7) is 1.94. The number of ether oxygens (including phenoxy) is 1. The van der Waals surface area contributed by atoms with E-state index in [0.29, 0.717) is 5.56 Å². The van der Waals surface area contributed by atoms with Gasteiger partial charge in [-0.3, -0.25) is 9.00 Å². The predicted octanol–water partition coefficient (Wildman–Crippen LogP) is 1.56. The summed E-state index contributed by atoms with van der Waals surface area (Å²) in [7, 11) is 0. The minimum Gasteiger partial charge on any atom is -0.772 e. The van der Waals surface area contributed by atoms with Crippen molar-refractivity contribution < 1.29 is 18.3 Å². The summed E-state index contributed by atoms with van der Waals surface area (Å²) in [5.74, 6) is -0.499. The SMILES string of the molecule is CCOC(=O)CC(c1ccccc1)S(=O)[O-]. The summed E-state index contributed by atoms with van der Waals surface area (Å²) in [6, 6.07) is 8.62. The molecule has 0 amide bonds. The van der Waals surface area contributed by atoms with E-state index in [9.17, 15) is 13.6 Å². The smallest absolute Gasteiger partial charge is 0.307 e. The molecule has 0 aliphatic heterocycles. The van der Waals surface area contributed by atoms with E-state index in [0.717, 1.165) is 0 Å². The molecule has 0 aliphatic carbocycles. The summed E-state index contributed by atoms with van der Waals surface area (Å²) >= 11 is -2.33. The van der Waals surface area contributed by atoms with Crippen LogP contribution in [0.1, 0.15) is 24.2 Å². The third-order valence-electron chi connectivity index (χ3n) is 2.06. The van der Waals surface area contributed by atoms with Gasteiger partial charge in [-0.25, -0.2) is 0 Å². The standard InChI is InChI=1S/C11H14O4S/c1-2-15-11(12)8-10(16(13)14)9-6-4-3-5-7-9/h3-7,10H,2,8H2,1H3,(H,13,14)/p-1. The van der Waals surface area contributed by atoms with E-state index in [1.165, 1.54) is 0 Å². The van der Waals surface area contributed by atoms with Crippen LogP contribution in [0.15, 0.2) is 30.3 Å². The van der Waals surface area contributed by atoms with Gasteiger partial charge in [0.1, 0.15) is 0 Å². The fourth-order valence-corrected chi connectivity index (χ4v) is 1.99. The van der Waals surface area contributed by atoms with Crippen molar-refractivity contribution in [3.8, 4) is 0 Å². The minimum atomic E-state index is -2.33. The average Bonchev–Trinajstić information content (AvgIpc) is 2.27. The van der Waals surface area contributed by atoms with Crippen molar-refractivity contribution in [1.29, 1.82) is 0 Å². The van der Waals surface area contributed by atoms with Gasteiger partial charge in [-0.05, 0) is 23.6 Å². The van der Waals surface area contributed by atoms with E-state index in [4.69, 9.17) is 4.74 Å². The molecule has 0 saturated heterocycles. The van der Waals surface area contributed by atoms with Gasteiger partial charge in [0.05, 0.1) is 18.3 Å². The van der Waals surface area contributed by atoms with E-state index in [2.05, 4.69) is 0 Å². The molecule has 0 spiro atoms. The van der Waals surface area contributed by atoms with E-state index in [1.54, 1.807) is 37.3 Å². The van der Waals surface area contributed by atoms with Crippen LogP contribution in [0.2, 0.25) is 0 Å². The zero-order chi connectivity index (χ0) is 12.0. The lowest BCUT2D eigenvalue weighted by atomic mass is 10.1. The second-order valence-electron chi connectivity index (χ2n) is 3.17. The molecule has 5 heteroatoms. The lowest BCUT2D eigenvalue weighted by Crippen LogP contribution is -2.14. The lowest BCUT2D eigenvalue weighted by Gasteiger charge is -2.19. The summed E-state index contributed by atoms with van der Waals surface area (Å²) in [4.78, 5) is 11.2. The van der Waals surface area contributed by atoms with Gasteiger partial charge < -0.3 is 9.29 Å². The Balaban J connectivity index is 2.77. The molecule has 0 heterocycles. The Morgan fingerprint density at radius 3 is 2.56 bits per heavy atom. The van der Waals surface area contributed by atoms with Crippen molar-refractivity contribution in [2.24, 2.45) is 0 Å². The quantitative estimate of drug-likeness (QED) is 0.579. The minimum absolute atomic E-state index is 0.145. The van der Waals surface area contributed by atoms with Gasteiger partial charge in [0, 0.05) is 0 Å². The van der Waals surface area contributed by atoms with Gasteiger partial charge in [0.2, 0.25) is 0 Å². The maximum Gasteiger partial charge on any atom is 0.307 e. The van der Waals surface area contributed by atoms with Gasteiger partial charge >= 0.3 is 5.97 Å². The van der Waals surface area contributed by atoms with Crippen LogP contribution in [-0.2, 0) is 20.6 Å². The number of hydrogen-bond donors (Lipinski definition) is 0. The first kappa shape index (κ1) is 12.9. The maximum absolute atomic E-state index is 11.2. The molecule has 16 heavy (non-hydrogen) atoms. The van der Waals surface area contributed by atoms with Crippen LogP contribution in [-0.4, -0.2) is 21.3 Å². The van der Waals surface area contributed by atoms with E-state index in [-0.39, 0.29) is 13.0 Å². The Labute approximate surface area is 96.9 Å². The molecule has 88 valence electrons. The van der Waals surface area contributed by atoms with Crippen LogP contribution in [0.4, 0.5) is 0 Å². The first-order chi connectivity index (χ1) is 7.65. The van der Waals surface area contributed by atoms with Crippen molar-refractivity contribution in [2.75, 3.05) is 6.61 Å². The van der Waals surface area contributed by atoms with E-state index >= 15 is 0 Å². The Bertz CT molecular complexity index is 364. The Morgan fingerprint density at radius 2 is 2.06 bits per heavy atom. The second kappa shape index (κ2) is 6.40. The van der Waals surface area contributed by atoms with Crippen molar-refractivity contribution >= 4 is 17.0 Å². The zero-order valence-electron chi connectivity index (χ0n) is 8.92. The third kappa shape index (κ3) is 3.75. The molecule has 0 aliphatic rings. The van der Waals surface area contributed by atoms with Crippen LogP contribution in [0.25, 0.3) is 0 Å². The first-order valence-electron chi connectivity index (χ1n) is 4.93. The van der Waals surface area contributed by atoms with Crippen LogP contribution < -0.4 is 0 Å². The topological polar surface area (TPSA) is 66.4 Å². The largest absolute Gasteiger partial charge is 0.772 e. The van der Waals surface area contributed by atoms with Crippen LogP contribution in [0.3, 0.4) is 0 Å². The van der Waals surface area contributed by atoms with Gasteiger partial charge in [-0.15, -0.1) is 0 Å². The molecule has 0 saturated carbocycles. The average molecular weight is 241 g/mol. The van der Waals surface area contributed by atoms with Crippen molar-refractivity contribution in [2.45, 2.75) is 18.6 Å². The van der Waals surface area contributed by atoms with Crippen LogP contribution >= 0.6 is 0 Å². The van der Waals surface area contributed by atoms with Crippen molar-refractivity contribution in [3.05, 3.63) is 35.9 Å². The molecule has 1 aromatic carbocycles. The van der Waals surface area contributed by atoms with Crippen LogP contribution in [0.5, 0.6) is 0 Å². The Kier molecular flexibility index (Phi) is 5.14. The summed E-state index contributed by atoms with van der Waals surface area (Å²) in [5, 5.41) is -0.833. The zero-order valence-corrected chi connectivity index (χ0v) is 9.74. The molecule has 1 rings (SSSR count). The van der Waals surface area contributed by atoms with Gasteiger partial charge in [0.25, 0.3) is 0 Å². The lowest BCUT2D eigenvalue weighted by molar-refractivity contribution is -0.143. The molecule has 0 fully saturated rings. The van der Waals surface area contributed by atoms with Crippen molar-refractivity contribution in [1.82, 2.24) is 0 Å². The summed E-state index contributed by atoms with van der Waals surface area (Å²) in [5.41, 5.74) is 0.601. The summed E-state index contributed by atoms with van der Waals surface area (Å²) in [6.07, 6.45) is -0.145. The fourth-order valence-electron chi connectivity index (χ4n) is 1.34. The number of esters is 1. The van der Waals surface area contributed by atoms with Gasteiger partial charge in [-0.1, -0.05) is 30.3 Å². The number of rotatable bonds is 5. The summed E-state index contributed by atoms with van der Waals surface area (Å²) < 4.78 is 26.8. The monoisotopic (exact) mass is 241 g/mol. The highest BCUT2D eigenvalue weighted by Crippen LogP contribution is 2.22. The van der Waals surface area contributed by atoms with Gasteiger partial charge in [-0.2, -0.15) is 0 Å². The number of carbonyl (C=O) groups excluding carboxylic acids is 1. The van der Waals surface area contributed by atoms with Crippen molar-refractivity contribution in [3.63, 3.8) is 0 Å². The van der Waals surface area contributed by atoms with E-state index < -0.39 is 22.3 Å². The molecular formula is C11H13O4S-. The molecule has 0 radical (unpaired) electrons. The highest BCUT2D eigenvalue weighted by atomic mass is 32.2. The molecule has 0 bridgehead atoms. The molecular weight excluding hydrogens is 228 g/mol. The van der Waals surface area contributed by atoms with Crippen LogP contribution in [0, 0.1) is 0 Å². The van der Waals surface area contributed by atoms with E-state index in [1.807, 2.05) is 0 Å². The normalized spacial score (nSPS) is 14.1. The molecule has 2 atom stereocenters. The molecule has 0 N–H and O–H groups in total. The molecule has 1 aromatic rings. The molecule has 0 aromatic heterocycles. The predicted molar refractivity (Wildman–Crippen MR) is 59.4 cm³/mol. The Morgan fingerprint density at radius 1 is 1.44 bits per heavy atom. The number of benzene rings is 1. The highest BCUT2D eigenvalue weighted by molar-refractivity contribution is 7.79. The number of hydrogen-bond acceptors (Lipinski definition) is 4. The maximum atomic E-state index is 11.2. The third-order valence-corrected chi connectivity index (χ3v) is 2.96. The van der Waals surface area contributed by atoms with Gasteiger partial charge in [0.15, 0.2) is 0 Å². The fraction of sp³-hybridized carbons (Fsp3) is 0.364. The second-order valence-corrected chi connectivity index (χ2v) is 4.26. The highest BCUT2D eigenvalue weighted by Gasteiger charge is 2.17. The number of carbonyl (C=O) groups is 1. The first-order valence-corrected chi connectivity index (χ1v) is 6.07. The Hall–Kier alpha value is -1.20. The molecule has 4 nitrogen and oxygen atoms in total.